The van der Waals surface area contributed by atoms with E-state index in [4.69, 9.17) is 9.84 Å². The molecule has 0 aliphatic heterocycles. The van der Waals surface area contributed by atoms with Gasteiger partial charge in [-0.2, -0.15) is 0 Å². The first-order chi connectivity index (χ1) is 6.29. The molecule has 0 bridgehead atoms. The topological polar surface area (TPSA) is 42.4 Å². The van der Waals surface area contributed by atoms with Crippen LogP contribution >= 0.6 is 0 Å². The summed E-state index contributed by atoms with van der Waals surface area (Å²) < 4.78 is 18.1. The van der Waals surface area contributed by atoms with E-state index >= 15 is 0 Å². The molecule has 1 rings (SSSR count). The van der Waals surface area contributed by atoms with Gasteiger partial charge < -0.3 is 9.84 Å². The van der Waals surface area contributed by atoms with Crippen molar-refractivity contribution in [2.45, 2.75) is 6.61 Å². The molecule has 0 atom stereocenters. The molecule has 0 amide bonds. The van der Waals surface area contributed by atoms with E-state index in [2.05, 4.69) is 11.6 Å². The Balaban J connectivity index is 2.87. The molecule has 0 aliphatic carbocycles. The third-order valence-corrected chi connectivity index (χ3v) is 1.45. The molecule has 4 heteroatoms. The lowest BCUT2D eigenvalue weighted by molar-refractivity contribution is 0.268. The van der Waals surface area contributed by atoms with Crippen molar-refractivity contribution in [2.75, 3.05) is 6.61 Å². The second-order valence-corrected chi connectivity index (χ2v) is 2.35. The Morgan fingerprint density at radius 1 is 1.69 bits per heavy atom. The quantitative estimate of drug-likeness (QED) is 0.715. The van der Waals surface area contributed by atoms with Crippen molar-refractivity contribution in [2.24, 2.45) is 0 Å². The molecule has 0 saturated carbocycles. The third kappa shape index (κ3) is 2.26. The van der Waals surface area contributed by atoms with Gasteiger partial charge in [0.1, 0.15) is 6.61 Å². The van der Waals surface area contributed by atoms with E-state index in [1.807, 2.05) is 0 Å². The monoisotopic (exact) mass is 183 g/mol. The van der Waals surface area contributed by atoms with Crippen LogP contribution in [0.4, 0.5) is 4.39 Å². The summed E-state index contributed by atoms with van der Waals surface area (Å²) in [7, 11) is 0. The number of rotatable bonds is 4. The summed E-state index contributed by atoms with van der Waals surface area (Å²) in [5.74, 6) is -0.724. The van der Waals surface area contributed by atoms with Crippen molar-refractivity contribution in [3.05, 3.63) is 36.3 Å². The highest BCUT2D eigenvalue weighted by atomic mass is 19.1. The van der Waals surface area contributed by atoms with Crippen LogP contribution in [0.1, 0.15) is 5.56 Å². The Morgan fingerprint density at radius 3 is 3.08 bits per heavy atom. The van der Waals surface area contributed by atoms with E-state index in [1.165, 1.54) is 18.3 Å². The van der Waals surface area contributed by atoms with Gasteiger partial charge >= 0.3 is 0 Å². The standard InChI is InChI=1S/C9H10FNO2/c1-2-5-13-9-8(10)7(6-12)3-4-11-9/h2-4,12H,1,5-6H2. The molecule has 1 N–H and O–H groups in total. The van der Waals surface area contributed by atoms with Gasteiger partial charge in [-0.15, -0.1) is 0 Å². The van der Waals surface area contributed by atoms with Gasteiger partial charge in [-0.1, -0.05) is 12.7 Å². The normalized spacial score (nSPS) is 9.69. The number of aliphatic hydroxyl groups is 1. The summed E-state index contributed by atoms with van der Waals surface area (Å²) in [4.78, 5) is 3.67. The Morgan fingerprint density at radius 2 is 2.46 bits per heavy atom. The molecule has 0 aliphatic rings. The summed E-state index contributed by atoms with van der Waals surface area (Å²) in [6, 6.07) is 1.40. The number of hydrogen-bond donors (Lipinski definition) is 1. The van der Waals surface area contributed by atoms with E-state index in [0.717, 1.165) is 0 Å². The molecule has 0 fully saturated rings. The zero-order chi connectivity index (χ0) is 9.68. The van der Waals surface area contributed by atoms with Gasteiger partial charge in [-0.05, 0) is 6.07 Å². The highest BCUT2D eigenvalue weighted by Crippen LogP contribution is 2.16. The summed E-state index contributed by atoms with van der Waals surface area (Å²) in [6.07, 6.45) is 2.87. The van der Waals surface area contributed by atoms with Crippen LogP contribution in [0, 0.1) is 5.82 Å². The zero-order valence-corrected chi connectivity index (χ0v) is 7.03. The molecular formula is C9H10FNO2. The van der Waals surface area contributed by atoms with Crippen molar-refractivity contribution >= 4 is 0 Å². The number of aromatic nitrogens is 1. The maximum atomic E-state index is 13.2. The minimum atomic E-state index is -0.619. The molecule has 1 aromatic rings. The first kappa shape index (κ1) is 9.67. The van der Waals surface area contributed by atoms with Crippen LogP contribution in [-0.4, -0.2) is 16.7 Å². The van der Waals surface area contributed by atoms with E-state index in [9.17, 15) is 4.39 Å². The number of pyridine rings is 1. The van der Waals surface area contributed by atoms with Crippen LogP contribution in [0.5, 0.6) is 5.88 Å². The summed E-state index contributed by atoms with van der Waals surface area (Å²) in [5.41, 5.74) is 0.175. The molecule has 0 unspecified atom stereocenters. The minimum absolute atomic E-state index is 0.105. The average Bonchev–Trinajstić information content (AvgIpc) is 2.16. The van der Waals surface area contributed by atoms with Gasteiger partial charge in [0.25, 0.3) is 5.88 Å². The van der Waals surface area contributed by atoms with Gasteiger partial charge in [-0.25, -0.2) is 9.37 Å². The summed E-state index contributed by atoms with van der Waals surface area (Å²) in [6.45, 7) is 3.25. The number of nitrogens with zero attached hydrogens (tertiary/aromatic N) is 1. The lowest BCUT2D eigenvalue weighted by atomic mass is 10.3. The second kappa shape index (κ2) is 4.57. The van der Waals surface area contributed by atoms with E-state index in [1.54, 1.807) is 0 Å². The number of ether oxygens (including phenoxy) is 1. The Hall–Kier alpha value is -1.42. The molecule has 13 heavy (non-hydrogen) atoms. The SMILES string of the molecule is C=CCOc1nccc(CO)c1F. The second-order valence-electron chi connectivity index (χ2n) is 2.35. The van der Waals surface area contributed by atoms with Crippen molar-refractivity contribution in [3.63, 3.8) is 0 Å². The van der Waals surface area contributed by atoms with Crippen LogP contribution in [0.2, 0.25) is 0 Å². The Labute approximate surface area is 75.5 Å². The van der Waals surface area contributed by atoms with Gasteiger partial charge in [0, 0.05) is 11.8 Å². The maximum absolute atomic E-state index is 13.2. The smallest absolute Gasteiger partial charge is 0.251 e. The molecule has 1 heterocycles. The van der Waals surface area contributed by atoms with Gasteiger partial charge in [0.05, 0.1) is 6.61 Å². The van der Waals surface area contributed by atoms with E-state index < -0.39 is 5.82 Å². The van der Waals surface area contributed by atoms with E-state index in [0.29, 0.717) is 0 Å². The highest BCUT2D eigenvalue weighted by Gasteiger charge is 2.08. The largest absolute Gasteiger partial charge is 0.471 e. The molecule has 70 valence electrons. The lowest BCUT2D eigenvalue weighted by Gasteiger charge is -2.05. The lowest BCUT2D eigenvalue weighted by Crippen LogP contribution is -2.01. The Kier molecular flexibility index (Phi) is 3.40. The fraction of sp³-hybridized carbons (Fsp3) is 0.222. The number of hydrogen-bond acceptors (Lipinski definition) is 3. The zero-order valence-electron chi connectivity index (χ0n) is 7.03. The van der Waals surface area contributed by atoms with Crippen LogP contribution < -0.4 is 4.74 Å². The molecule has 0 spiro atoms. The molecule has 0 aromatic carbocycles. The van der Waals surface area contributed by atoms with Crippen LogP contribution in [0.25, 0.3) is 0 Å². The highest BCUT2D eigenvalue weighted by molar-refractivity contribution is 5.22. The fourth-order valence-electron chi connectivity index (χ4n) is 0.823. The molecule has 3 nitrogen and oxygen atoms in total. The Bertz CT molecular complexity index is 302. The molecule has 1 aromatic heterocycles. The predicted molar refractivity (Wildman–Crippen MR) is 45.8 cm³/mol. The van der Waals surface area contributed by atoms with Crippen molar-refractivity contribution in [1.29, 1.82) is 0 Å². The van der Waals surface area contributed by atoms with Crippen molar-refractivity contribution in [3.8, 4) is 5.88 Å². The van der Waals surface area contributed by atoms with Gasteiger partial charge in [-0.3, -0.25) is 0 Å². The molecular weight excluding hydrogens is 173 g/mol. The number of halogens is 1. The van der Waals surface area contributed by atoms with Crippen LogP contribution in [0.3, 0.4) is 0 Å². The molecule has 0 saturated heterocycles. The first-order valence-electron chi connectivity index (χ1n) is 3.77. The minimum Gasteiger partial charge on any atom is -0.471 e. The fourth-order valence-corrected chi connectivity index (χ4v) is 0.823. The summed E-state index contributed by atoms with van der Waals surface area (Å²) >= 11 is 0. The molecule has 0 radical (unpaired) electrons. The van der Waals surface area contributed by atoms with E-state index in [-0.39, 0.29) is 24.7 Å². The van der Waals surface area contributed by atoms with Gasteiger partial charge in [0.15, 0.2) is 5.82 Å². The van der Waals surface area contributed by atoms with Crippen molar-refractivity contribution in [1.82, 2.24) is 4.98 Å². The van der Waals surface area contributed by atoms with Crippen LogP contribution in [0.15, 0.2) is 24.9 Å². The van der Waals surface area contributed by atoms with Gasteiger partial charge in [0.2, 0.25) is 0 Å². The van der Waals surface area contributed by atoms with Crippen LogP contribution in [-0.2, 0) is 6.61 Å². The first-order valence-corrected chi connectivity index (χ1v) is 3.77. The third-order valence-electron chi connectivity index (χ3n) is 1.45. The predicted octanol–water partition coefficient (Wildman–Crippen LogP) is 1.28. The van der Waals surface area contributed by atoms with Crippen molar-refractivity contribution < 1.29 is 14.2 Å². The number of aliphatic hydroxyl groups excluding tert-OH is 1. The maximum Gasteiger partial charge on any atom is 0.251 e. The average molecular weight is 183 g/mol. The summed E-state index contributed by atoms with van der Waals surface area (Å²) in [5, 5.41) is 8.72.